The summed E-state index contributed by atoms with van der Waals surface area (Å²) in [5.74, 6) is 1.96. The number of hydrogen-bond acceptors (Lipinski definition) is 4. The predicted octanol–water partition coefficient (Wildman–Crippen LogP) is 1.65. The van der Waals surface area contributed by atoms with Crippen molar-refractivity contribution in [1.29, 1.82) is 0 Å². The second-order valence-electron chi connectivity index (χ2n) is 6.65. The molecule has 1 aliphatic heterocycles. The van der Waals surface area contributed by atoms with Gasteiger partial charge in [-0.3, -0.25) is 4.90 Å². The number of aryl methyl sites for hydroxylation is 1. The van der Waals surface area contributed by atoms with Crippen LogP contribution < -0.4 is 5.32 Å². The maximum atomic E-state index is 4.44. The van der Waals surface area contributed by atoms with E-state index in [2.05, 4.69) is 41.1 Å². The van der Waals surface area contributed by atoms with Crippen LogP contribution in [0.5, 0.6) is 0 Å². The van der Waals surface area contributed by atoms with Crippen molar-refractivity contribution in [3.8, 4) is 0 Å². The molecular formula is C15H27N5. The third kappa shape index (κ3) is 2.74. The summed E-state index contributed by atoms with van der Waals surface area (Å²) in [6, 6.07) is 0.602. The van der Waals surface area contributed by atoms with Gasteiger partial charge in [-0.25, -0.2) is 9.67 Å². The van der Waals surface area contributed by atoms with Crippen LogP contribution in [0.25, 0.3) is 0 Å². The summed E-state index contributed by atoms with van der Waals surface area (Å²) in [7, 11) is 0. The van der Waals surface area contributed by atoms with E-state index < -0.39 is 0 Å². The average Bonchev–Trinajstić information content (AvgIpc) is 3.20. The molecule has 2 aliphatic rings. The number of nitrogens with zero attached hydrogens (tertiary/aromatic N) is 4. The van der Waals surface area contributed by atoms with Crippen LogP contribution in [0.15, 0.2) is 6.33 Å². The van der Waals surface area contributed by atoms with Crippen molar-refractivity contribution in [3.05, 3.63) is 12.2 Å². The standard InChI is InChI=1S/C15H27N5/c1-4-20-14(16-11-18-20)9-19-10-15(3,13-5-6-13)17-8-7-12(19)2/h11-13,17H,4-10H2,1-3H3. The normalized spacial score (nSPS) is 32.2. The van der Waals surface area contributed by atoms with Crippen molar-refractivity contribution in [2.75, 3.05) is 13.1 Å². The summed E-state index contributed by atoms with van der Waals surface area (Å²) < 4.78 is 2.01. The highest BCUT2D eigenvalue weighted by Crippen LogP contribution is 2.41. The van der Waals surface area contributed by atoms with Gasteiger partial charge in [-0.2, -0.15) is 5.10 Å². The Hall–Kier alpha value is -0.940. The van der Waals surface area contributed by atoms with Gasteiger partial charge in [0.15, 0.2) is 0 Å². The van der Waals surface area contributed by atoms with Crippen LogP contribution in [0.4, 0.5) is 0 Å². The van der Waals surface area contributed by atoms with Crippen molar-refractivity contribution in [1.82, 2.24) is 25.0 Å². The Balaban J connectivity index is 1.75. The first-order valence-corrected chi connectivity index (χ1v) is 7.98. The molecule has 0 amide bonds. The molecule has 1 N–H and O–H groups in total. The van der Waals surface area contributed by atoms with E-state index in [9.17, 15) is 0 Å². The van der Waals surface area contributed by atoms with Crippen LogP contribution in [0.3, 0.4) is 0 Å². The van der Waals surface area contributed by atoms with Crippen molar-refractivity contribution in [2.45, 2.75) is 64.7 Å². The Morgan fingerprint density at radius 1 is 1.40 bits per heavy atom. The molecule has 2 heterocycles. The van der Waals surface area contributed by atoms with Crippen molar-refractivity contribution >= 4 is 0 Å². The number of rotatable bonds is 4. The first-order valence-electron chi connectivity index (χ1n) is 7.98. The molecule has 1 aromatic heterocycles. The Bertz CT molecular complexity index is 453. The quantitative estimate of drug-likeness (QED) is 0.909. The highest BCUT2D eigenvalue weighted by atomic mass is 15.4. The highest BCUT2D eigenvalue weighted by Gasteiger charge is 2.44. The molecule has 3 rings (SSSR count). The van der Waals surface area contributed by atoms with Gasteiger partial charge in [-0.05, 0) is 52.5 Å². The second kappa shape index (κ2) is 5.45. The van der Waals surface area contributed by atoms with Gasteiger partial charge in [0.05, 0.1) is 6.54 Å². The Morgan fingerprint density at radius 3 is 2.90 bits per heavy atom. The zero-order valence-corrected chi connectivity index (χ0v) is 13.0. The molecule has 0 aromatic carbocycles. The largest absolute Gasteiger partial charge is 0.310 e. The van der Waals surface area contributed by atoms with E-state index in [1.54, 1.807) is 6.33 Å². The van der Waals surface area contributed by atoms with E-state index in [1.165, 1.54) is 19.3 Å². The fraction of sp³-hybridized carbons (Fsp3) is 0.867. The molecule has 1 aromatic rings. The van der Waals surface area contributed by atoms with E-state index in [-0.39, 0.29) is 5.54 Å². The van der Waals surface area contributed by atoms with Crippen LogP contribution in [-0.2, 0) is 13.1 Å². The lowest BCUT2D eigenvalue weighted by molar-refractivity contribution is 0.149. The molecular weight excluding hydrogens is 250 g/mol. The Morgan fingerprint density at radius 2 is 2.20 bits per heavy atom. The smallest absolute Gasteiger partial charge is 0.141 e. The fourth-order valence-corrected chi connectivity index (χ4v) is 3.44. The zero-order valence-electron chi connectivity index (χ0n) is 13.0. The number of hydrogen-bond donors (Lipinski definition) is 1. The zero-order chi connectivity index (χ0) is 14.2. The minimum absolute atomic E-state index is 0.280. The summed E-state index contributed by atoms with van der Waals surface area (Å²) in [6.07, 6.45) is 5.66. The number of aromatic nitrogens is 3. The van der Waals surface area contributed by atoms with E-state index in [4.69, 9.17) is 0 Å². The molecule has 2 fully saturated rings. The lowest BCUT2D eigenvalue weighted by atomic mass is 9.95. The summed E-state index contributed by atoms with van der Waals surface area (Å²) >= 11 is 0. The van der Waals surface area contributed by atoms with Crippen LogP contribution in [0.2, 0.25) is 0 Å². The Labute approximate surface area is 121 Å². The molecule has 0 bridgehead atoms. The van der Waals surface area contributed by atoms with E-state index >= 15 is 0 Å². The molecule has 1 saturated heterocycles. The molecule has 5 nitrogen and oxygen atoms in total. The van der Waals surface area contributed by atoms with E-state index in [0.29, 0.717) is 6.04 Å². The molecule has 0 radical (unpaired) electrons. The van der Waals surface area contributed by atoms with Crippen LogP contribution in [0.1, 0.15) is 45.9 Å². The third-order valence-electron chi connectivity index (χ3n) is 5.06. The molecule has 2 unspecified atom stereocenters. The van der Waals surface area contributed by atoms with Gasteiger partial charge in [-0.15, -0.1) is 0 Å². The molecule has 1 saturated carbocycles. The predicted molar refractivity (Wildman–Crippen MR) is 79.3 cm³/mol. The van der Waals surface area contributed by atoms with Crippen LogP contribution >= 0.6 is 0 Å². The van der Waals surface area contributed by atoms with Crippen molar-refractivity contribution in [2.24, 2.45) is 5.92 Å². The first kappa shape index (κ1) is 14.0. The van der Waals surface area contributed by atoms with Crippen molar-refractivity contribution < 1.29 is 0 Å². The Kier molecular flexibility index (Phi) is 3.82. The van der Waals surface area contributed by atoms with Gasteiger partial charge in [0.25, 0.3) is 0 Å². The third-order valence-corrected chi connectivity index (χ3v) is 5.06. The lowest BCUT2D eigenvalue weighted by Crippen LogP contribution is -2.51. The monoisotopic (exact) mass is 277 g/mol. The maximum absolute atomic E-state index is 4.44. The molecule has 0 spiro atoms. The summed E-state index contributed by atoms with van der Waals surface area (Å²) in [6.45, 7) is 10.9. The highest BCUT2D eigenvalue weighted by molar-refractivity contribution is 5.02. The summed E-state index contributed by atoms with van der Waals surface area (Å²) in [5, 5.41) is 8.10. The van der Waals surface area contributed by atoms with Gasteiger partial charge < -0.3 is 5.32 Å². The molecule has 1 aliphatic carbocycles. The summed E-state index contributed by atoms with van der Waals surface area (Å²) in [4.78, 5) is 7.04. The summed E-state index contributed by atoms with van der Waals surface area (Å²) in [5.41, 5.74) is 0.280. The first-order chi connectivity index (χ1) is 9.62. The maximum Gasteiger partial charge on any atom is 0.141 e. The topological polar surface area (TPSA) is 46.0 Å². The van der Waals surface area contributed by atoms with E-state index in [0.717, 1.165) is 37.9 Å². The molecule has 112 valence electrons. The van der Waals surface area contributed by atoms with Crippen LogP contribution in [0, 0.1) is 5.92 Å². The minimum atomic E-state index is 0.280. The van der Waals surface area contributed by atoms with E-state index in [1.807, 2.05) is 4.68 Å². The van der Waals surface area contributed by atoms with Crippen LogP contribution in [-0.4, -0.2) is 44.3 Å². The minimum Gasteiger partial charge on any atom is -0.310 e. The molecule has 2 atom stereocenters. The molecule has 5 heteroatoms. The molecule has 20 heavy (non-hydrogen) atoms. The number of nitrogens with one attached hydrogen (secondary N) is 1. The van der Waals surface area contributed by atoms with Gasteiger partial charge in [-0.1, -0.05) is 0 Å². The second-order valence-corrected chi connectivity index (χ2v) is 6.65. The lowest BCUT2D eigenvalue weighted by Gasteiger charge is -2.35. The van der Waals surface area contributed by atoms with Crippen molar-refractivity contribution in [3.63, 3.8) is 0 Å². The fourth-order valence-electron chi connectivity index (χ4n) is 3.44. The van der Waals surface area contributed by atoms with Gasteiger partial charge >= 0.3 is 0 Å². The van der Waals surface area contributed by atoms with Gasteiger partial charge in [0.2, 0.25) is 0 Å². The van der Waals surface area contributed by atoms with Gasteiger partial charge in [0.1, 0.15) is 12.2 Å². The van der Waals surface area contributed by atoms with Gasteiger partial charge in [0, 0.05) is 24.7 Å². The average molecular weight is 277 g/mol. The SMILES string of the molecule is CCn1ncnc1CN1CC(C)(C2CC2)NCCC1C.